The molecule has 2 aromatic rings. The minimum absolute atomic E-state index is 0.0638. The first-order valence-electron chi connectivity index (χ1n) is 9.70. The fourth-order valence-corrected chi connectivity index (χ4v) is 5.49. The molecule has 0 bridgehead atoms. The molecule has 0 aliphatic carbocycles. The summed E-state index contributed by atoms with van der Waals surface area (Å²) in [7, 11) is 0. The quantitative estimate of drug-likeness (QED) is 0.587. The molecule has 3 unspecified atom stereocenters. The van der Waals surface area contributed by atoms with Crippen molar-refractivity contribution >= 4 is 35.5 Å². The summed E-state index contributed by atoms with van der Waals surface area (Å²) < 4.78 is 4.19. The molecule has 3 atom stereocenters. The van der Waals surface area contributed by atoms with E-state index in [0.717, 1.165) is 16.7 Å². The largest absolute Gasteiger partial charge is 0.480 e. The first-order chi connectivity index (χ1) is 15.0. The SMILES string of the molecule is CC(=O)N1C(C(NC(=O)c2c(-c3ccccc3)noc2C)C(=O)O)SC(C)(C)C1C(=O)O. The maximum Gasteiger partial charge on any atom is 0.329 e. The topological polar surface area (TPSA) is 150 Å². The number of carboxylic acid groups (broad SMARTS) is 2. The molecule has 11 heteroatoms. The molecule has 0 spiro atoms. The van der Waals surface area contributed by atoms with E-state index >= 15 is 0 Å². The number of benzene rings is 1. The van der Waals surface area contributed by atoms with Crippen LogP contribution in [0, 0.1) is 6.92 Å². The third kappa shape index (κ3) is 4.20. The van der Waals surface area contributed by atoms with Gasteiger partial charge in [-0.2, -0.15) is 0 Å². The highest BCUT2D eigenvalue weighted by Crippen LogP contribution is 2.46. The highest BCUT2D eigenvalue weighted by Gasteiger charge is 2.56. The monoisotopic (exact) mass is 461 g/mol. The molecule has 2 amide bonds. The molecule has 2 heterocycles. The van der Waals surface area contributed by atoms with Gasteiger partial charge in [-0.15, -0.1) is 11.8 Å². The lowest BCUT2D eigenvalue weighted by atomic mass is 10.0. The number of hydrogen-bond acceptors (Lipinski definition) is 7. The van der Waals surface area contributed by atoms with Gasteiger partial charge in [0.25, 0.3) is 5.91 Å². The lowest BCUT2D eigenvalue weighted by Gasteiger charge is -2.31. The van der Waals surface area contributed by atoms with Crippen molar-refractivity contribution in [1.82, 2.24) is 15.4 Å². The summed E-state index contributed by atoms with van der Waals surface area (Å²) in [6, 6.07) is 5.94. The Balaban J connectivity index is 1.97. The fraction of sp³-hybridized carbons (Fsp3) is 0.381. The summed E-state index contributed by atoms with van der Waals surface area (Å²) in [5.41, 5.74) is 0.916. The predicted molar refractivity (Wildman–Crippen MR) is 115 cm³/mol. The maximum atomic E-state index is 13.1. The molecule has 0 saturated carbocycles. The highest BCUT2D eigenvalue weighted by atomic mass is 32.2. The van der Waals surface area contributed by atoms with Gasteiger partial charge in [-0.05, 0) is 20.8 Å². The summed E-state index contributed by atoms with van der Waals surface area (Å²) >= 11 is 1.01. The first-order valence-corrected chi connectivity index (χ1v) is 10.6. The van der Waals surface area contributed by atoms with Gasteiger partial charge in [-0.1, -0.05) is 35.5 Å². The van der Waals surface area contributed by atoms with Crippen molar-refractivity contribution in [2.24, 2.45) is 0 Å². The standard InChI is InChI=1S/C21H23N3O7S/c1-10-13(14(23-31-10)12-8-6-5-7-9-12)17(26)22-15(19(27)28)18-24(11(2)25)16(20(29)30)21(3,4)32-18/h5-9,15-16,18H,1-4H3,(H,22,26)(H,27,28)(H,29,30). The van der Waals surface area contributed by atoms with Crippen LogP contribution in [0.2, 0.25) is 0 Å². The van der Waals surface area contributed by atoms with Crippen LogP contribution in [0.3, 0.4) is 0 Å². The number of carbonyl (C=O) groups excluding carboxylic acids is 2. The number of rotatable bonds is 6. The average Bonchev–Trinajstić information content (AvgIpc) is 3.23. The molecule has 1 aromatic carbocycles. The third-order valence-corrected chi connectivity index (χ3v) is 6.78. The molecule has 1 aliphatic heterocycles. The number of amides is 2. The van der Waals surface area contributed by atoms with Gasteiger partial charge in [-0.25, -0.2) is 9.59 Å². The molecule has 3 N–H and O–H groups in total. The number of aryl methyl sites for hydroxylation is 1. The molecule has 170 valence electrons. The van der Waals surface area contributed by atoms with E-state index < -0.39 is 46.0 Å². The van der Waals surface area contributed by atoms with E-state index in [4.69, 9.17) is 4.52 Å². The third-order valence-electron chi connectivity index (χ3n) is 5.21. The molecule has 0 radical (unpaired) electrons. The van der Waals surface area contributed by atoms with Crippen molar-refractivity contribution in [2.75, 3.05) is 0 Å². The van der Waals surface area contributed by atoms with E-state index in [1.165, 1.54) is 13.8 Å². The van der Waals surface area contributed by atoms with E-state index in [9.17, 15) is 29.4 Å². The van der Waals surface area contributed by atoms with Crippen LogP contribution in [-0.2, 0) is 14.4 Å². The molecule has 10 nitrogen and oxygen atoms in total. The van der Waals surface area contributed by atoms with Crippen LogP contribution in [-0.4, -0.2) is 66.2 Å². The second-order valence-corrected chi connectivity index (χ2v) is 9.67. The predicted octanol–water partition coefficient (Wildman–Crippen LogP) is 1.99. The van der Waals surface area contributed by atoms with Crippen LogP contribution in [0.1, 0.15) is 36.9 Å². The van der Waals surface area contributed by atoms with Gasteiger partial charge >= 0.3 is 11.9 Å². The number of thioether (sulfide) groups is 1. The molecule has 32 heavy (non-hydrogen) atoms. The fourth-order valence-electron chi connectivity index (χ4n) is 3.82. The first kappa shape index (κ1) is 23.3. The smallest absolute Gasteiger partial charge is 0.329 e. The van der Waals surface area contributed by atoms with E-state index in [0.29, 0.717) is 5.56 Å². The molecular formula is C21H23N3O7S. The van der Waals surface area contributed by atoms with Crippen molar-refractivity contribution in [1.29, 1.82) is 0 Å². The van der Waals surface area contributed by atoms with Gasteiger partial charge < -0.3 is 25.0 Å². The summed E-state index contributed by atoms with van der Waals surface area (Å²) in [4.78, 5) is 50.5. The van der Waals surface area contributed by atoms with Crippen LogP contribution < -0.4 is 5.32 Å². The Morgan fingerprint density at radius 2 is 1.81 bits per heavy atom. The zero-order valence-corrected chi connectivity index (χ0v) is 18.7. The highest BCUT2D eigenvalue weighted by molar-refractivity contribution is 8.01. The van der Waals surface area contributed by atoms with Crippen molar-refractivity contribution < 1.29 is 33.9 Å². The van der Waals surface area contributed by atoms with Crippen molar-refractivity contribution in [3.05, 3.63) is 41.7 Å². The van der Waals surface area contributed by atoms with Gasteiger partial charge in [0.15, 0.2) is 6.04 Å². The Labute approximate surface area is 187 Å². The van der Waals surface area contributed by atoms with Gasteiger partial charge in [0.05, 0.1) is 0 Å². The molecule has 1 saturated heterocycles. The van der Waals surface area contributed by atoms with Crippen molar-refractivity contribution in [2.45, 2.75) is 49.9 Å². The normalized spacial score (nSPS) is 20.6. The number of carboxylic acids is 2. The minimum Gasteiger partial charge on any atom is -0.480 e. The van der Waals surface area contributed by atoms with Crippen LogP contribution in [0.15, 0.2) is 34.9 Å². The Hall–Kier alpha value is -3.34. The number of aliphatic carboxylic acids is 2. The van der Waals surface area contributed by atoms with Crippen molar-refractivity contribution in [3.63, 3.8) is 0 Å². The summed E-state index contributed by atoms with van der Waals surface area (Å²) in [5, 5.41) is 24.8. The zero-order valence-electron chi connectivity index (χ0n) is 17.9. The Kier molecular flexibility index (Phi) is 6.31. The van der Waals surface area contributed by atoms with Crippen LogP contribution in [0.4, 0.5) is 0 Å². The molecule has 1 aliphatic rings. The summed E-state index contributed by atoms with van der Waals surface area (Å²) in [6.07, 6.45) is 0. The van der Waals surface area contributed by atoms with Crippen LogP contribution in [0.5, 0.6) is 0 Å². The maximum absolute atomic E-state index is 13.1. The summed E-state index contributed by atoms with van der Waals surface area (Å²) in [6.45, 7) is 5.93. The second-order valence-electron chi connectivity index (χ2n) is 7.90. The lowest BCUT2D eigenvalue weighted by Crippen LogP contribution is -2.57. The molecule has 3 rings (SSSR count). The van der Waals surface area contributed by atoms with Crippen LogP contribution >= 0.6 is 11.8 Å². The van der Waals surface area contributed by atoms with E-state index in [1.807, 2.05) is 0 Å². The molecular weight excluding hydrogens is 438 g/mol. The zero-order chi connectivity index (χ0) is 23.8. The van der Waals surface area contributed by atoms with E-state index in [2.05, 4.69) is 10.5 Å². The van der Waals surface area contributed by atoms with E-state index in [-0.39, 0.29) is 17.0 Å². The van der Waals surface area contributed by atoms with Crippen LogP contribution in [0.25, 0.3) is 11.3 Å². The number of aromatic nitrogens is 1. The van der Waals surface area contributed by atoms with Gasteiger partial charge in [-0.3, -0.25) is 9.59 Å². The second kappa shape index (κ2) is 8.65. The van der Waals surface area contributed by atoms with Gasteiger partial charge in [0, 0.05) is 17.2 Å². The Bertz CT molecular complexity index is 1070. The number of nitrogens with zero attached hydrogens (tertiary/aromatic N) is 2. The Morgan fingerprint density at radius 1 is 1.19 bits per heavy atom. The number of carbonyl (C=O) groups is 4. The van der Waals surface area contributed by atoms with Gasteiger partial charge in [0.2, 0.25) is 5.91 Å². The van der Waals surface area contributed by atoms with Crippen molar-refractivity contribution in [3.8, 4) is 11.3 Å². The lowest BCUT2D eigenvalue weighted by molar-refractivity contribution is -0.152. The van der Waals surface area contributed by atoms with E-state index in [1.54, 1.807) is 44.2 Å². The summed E-state index contributed by atoms with van der Waals surface area (Å²) in [5.74, 6) is -3.82. The molecule has 1 fully saturated rings. The minimum atomic E-state index is -1.57. The Morgan fingerprint density at radius 3 is 2.34 bits per heavy atom. The number of nitrogens with one attached hydrogen (secondary N) is 1. The number of hydrogen-bond donors (Lipinski definition) is 3. The average molecular weight is 461 g/mol. The molecule has 1 aromatic heterocycles. The van der Waals surface area contributed by atoms with Gasteiger partial charge in [0.1, 0.15) is 28.4 Å².